The van der Waals surface area contributed by atoms with Crippen LogP contribution >= 0.6 is 0 Å². The van der Waals surface area contributed by atoms with Crippen LogP contribution in [0.4, 0.5) is 15.8 Å². The van der Waals surface area contributed by atoms with Gasteiger partial charge in [0.05, 0.1) is 31.6 Å². The quantitative estimate of drug-likeness (QED) is 0.531. The first-order chi connectivity index (χ1) is 16.1. The van der Waals surface area contributed by atoms with Crippen LogP contribution in [-0.2, 0) is 4.79 Å². The van der Waals surface area contributed by atoms with Crippen LogP contribution in [0.3, 0.4) is 0 Å². The zero-order valence-electron chi connectivity index (χ0n) is 18.5. The molecule has 5 nitrogen and oxygen atoms in total. The van der Waals surface area contributed by atoms with Gasteiger partial charge in [0, 0.05) is 29.3 Å². The maximum atomic E-state index is 13.6. The standard InChI is InChI=1S/C27H25FN2O3/c1-32-19-11-12-20(25(15-19)33-2)27-26-23(29-21-5-3-4-6-22(21)30-27)13-17(14-24(26)31)16-7-9-18(28)10-8-16/h3-12,15,17,27,29-30H,13-14H2,1-2H3. The molecular formula is C27H25FN2O3. The minimum Gasteiger partial charge on any atom is -0.497 e. The first-order valence-corrected chi connectivity index (χ1v) is 10.9. The molecule has 2 N–H and O–H groups in total. The van der Waals surface area contributed by atoms with Gasteiger partial charge < -0.3 is 20.1 Å². The molecule has 1 heterocycles. The molecule has 0 fully saturated rings. The van der Waals surface area contributed by atoms with E-state index < -0.39 is 6.04 Å². The Bertz CT molecular complexity index is 1240. The average molecular weight is 445 g/mol. The van der Waals surface area contributed by atoms with E-state index in [9.17, 15) is 9.18 Å². The molecule has 6 heteroatoms. The number of ether oxygens (including phenoxy) is 2. The Morgan fingerprint density at radius 2 is 1.67 bits per heavy atom. The summed E-state index contributed by atoms with van der Waals surface area (Å²) in [4.78, 5) is 13.6. The number of carbonyl (C=O) groups excluding carboxylic acids is 1. The van der Waals surface area contributed by atoms with E-state index in [1.807, 2.05) is 42.5 Å². The van der Waals surface area contributed by atoms with Gasteiger partial charge in [0.1, 0.15) is 17.3 Å². The summed E-state index contributed by atoms with van der Waals surface area (Å²) in [6.45, 7) is 0. The molecule has 168 valence electrons. The van der Waals surface area contributed by atoms with E-state index in [-0.39, 0.29) is 17.5 Å². The summed E-state index contributed by atoms with van der Waals surface area (Å²) in [7, 11) is 3.23. The van der Waals surface area contributed by atoms with Gasteiger partial charge in [-0.1, -0.05) is 24.3 Å². The molecule has 1 aliphatic heterocycles. The van der Waals surface area contributed by atoms with Gasteiger partial charge in [-0.25, -0.2) is 4.39 Å². The van der Waals surface area contributed by atoms with E-state index in [1.165, 1.54) is 12.1 Å². The zero-order chi connectivity index (χ0) is 22.9. The average Bonchev–Trinajstić information content (AvgIpc) is 3.00. The summed E-state index contributed by atoms with van der Waals surface area (Å²) in [5.41, 5.74) is 5.21. The van der Waals surface area contributed by atoms with Crippen LogP contribution in [0.15, 0.2) is 78.0 Å². The van der Waals surface area contributed by atoms with Crippen molar-refractivity contribution in [1.29, 1.82) is 0 Å². The molecule has 0 saturated heterocycles. The topological polar surface area (TPSA) is 59.6 Å². The molecule has 0 radical (unpaired) electrons. The molecule has 0 bridgehead atoms. The maximum Gasteiger partial charge on any atom is 0.163 e. The Morgan fingerprint density at radius 1 is 0.909 bits per heavy atom. The minimum absolute atomic E-state index is 0.0203. The Labute approximate surface area is 192 Å². The molecule has 1 aliphatic carbocycles. The number of para-hydroxylation sites is 2. The number of ketones is 1. The van der Waals surface area contributed by atoms with Gasteiger partial charge in [-0.2, -0.15) is 0 Å². The zero-order valence-corrected chi connectivity index (χ0v) is 18.5. The smallest absolute Gasteiger partial charge is 0.163 e. The minimum atomic E-state index is -0.390. The number of rotatable bonds is 4. The third-order valence-corrected chi connectivity index (χ3v) is 6.40. The number of Topliss-reactive ketones (excluding diaryl/α,β-unsaturated/α-hetero) is 1. The van der Waals surface area contributed by atoms with Crippen molar-refractivity contribution in [3.05, 3.63) is 94.9 Å². The van der Waals surface area contributed by atoms with E-state index >= 15 is 0 Å². The Hall–Kier alpha value is -3.80. The molecule has 2 atom stereocenters. The van der Waals surface area contributed by atoms with Crippen LogP contribution in [-0.4, -0.2) is 20.0 Å². The van der Waals surface area contributed by atoms with Gasteiger partial charge in [0.25, 0.3) is 0 Å². The summed E-state index contributed by atoms with van der Waals surface area (Å²) < 4.78 is 24.5. The number of anilines is 2. The number of halogens is 1. The second kappa shape index (κ2) is 8.62. The normalized spacial score (nSPS) is 19.5. The van der Waals surface area contributed by atoms with E-state index in [0.717, 1.165) is 28.2 Å². The second-order valence-electron chi connectivity index (χ2n) is 8.33. The monoisotopic (exact) mass is 444 g/mol. The summed E-state index contributed by atoms with van der Waals surface area (Å²) >= 11 is 0. The van der Waals surface area contributed by atoms with Gasteiger partial charge in [-0.05, 0) is 54.3 Å². The van der Waals surface area contributed by atoms with Gasteiger partial charge in [-0.15, -0.1) is 0 Å². The van der Waals surface area contributed by atoms with Crippen molar-refractivity contribution < 1.29 is 18.7 Å². The van der Waals surface area contributed by atoms with Crippen molar-refractivity contribution >= 4 is 17.2 Å². The highest BCUT2D eigenvalue weighted by atomic mass is 19.1. The highest BCUT2D eigenvalue weighted by molar-refractivity contribution is 6.01. The molecule has 0 spiro atoms. The summed E-state index contributed by atoms with van der Waals surface area (Å²) in [5.74, 6) is 1.09. The predicted molar refractivity (Wildman–Crippen MR) is 126 cm³/mol. The molecule has 0 aromatic heterocycles. The van der Waals surface area contributed by atoms with Gasteiger partial charge in [-0.3, -0.25) is 4.79 Å². The van der Waals surface area contributed by atoms with Crippen molar-refractivity contribution in [2.24, 2.45) is 0 Å². The largest absolute Gasteiger partial charge is 0.497 e. The third kappa shape index (κ3) is 3.93. The molecule has 0 saturated carbocycles. The third-order valence-electron chi connectivity index (χ3n) is 6.40. The molecular weight excluding hydrogens is 419 g/mol. The molecule has 3 aromatic rings. The lowest BCUT2D eigenvalue weighted by molar-refractivity contribution is -0.116. The van der Waals surface area contributed by atoms with Crippen LogP contribution in [0, 0.1) is 5.82 Å². The lowest BCUT2D eigenvalue weighted by Gasteiger charge is -2.30. The highest BCUT2D eigenvalue weighted by Crippen LogP contribution is 2.46. The van der Waals surface area contributed by atoms with E-state index in [2.05, 4.69) is 10.6 Å². The Balaban J connectivity index is 1.62. The second-order valence-corrected chi connectivity index (χ2v) is 8.33. The van der Waals surface area contributed by atoms with E-state index in [1.54, 1.807) is 26.4 Å². The van der Waals surface area contributed by atoms with E-state index in [4.69, 9.17) is 9.47 Å². The first kappa shape index (κ1) is 21.1. The number of allylic oxidation sites excluding steroid dienone is 1. The van der Waals surface area contributed by atoms with Crippen LogP contribution in [0.25, 0.3) is 0 Å². The maximum absolute atomic E-state index is 13.6. The van der Waals surface area contributed by atoms with E-state index in [0.29, 0.717) is 29.9 Å². The number of carbonyl (C=O) groups is 1. The van der Waals surface area contributed by atoms with Crippen molar-refractivity contribution in [2.75, 3.05) is 24.9 Å². The number of nitrogens with one attached hydrogen (secondary N) is 2. The summed E-state index contributed by atoms with van der Waals surface area (Å²) in [6, 6.07) is 19.6. The molecule has 0 amide bonds. The van der Waals surface area contributed by atoms with Crippen LogP contribution in [0.2, 0.25) is 0 Å². The number of fused-ring (bicyclic) bond motifs is 1. The van der Waals surface area contributed by atoms with Gasteiger partial charge >= 0.3 is 0 Å². The number of hydrogen-bond acceptors (Lipinski definition) is 5. The Kier molecular flexibility index (Phi) is 5.50. The molecule has 3 aromatic carbocycles. The fraction of sp³-hybridized carbons (Fsp3) is 0.222. The van der Waals surface area contributed by atoms with Crippen LogP contribution in [0.5, 0.6) is 11.5 Å². The fourth-order valence-electron chi connectivity index (χ4n) is 4.75. The van der Waals surface area contributed by atoms with Crippen molar-refractivity contribution in [3.63, 3.8) is 0 Å². The number of benzene rings is 3. The molecule has 2 unspecified atom stereocenters. The predicted octanol–water partition coefficient (Wildman–Crippen LogP) is 5.82. The lowest BCUT2D eigenvalue weighted by atomic mass is 9.78. The Morgan fingerprint density at radius 3 is 2.39 bits per heavy atom. The van der Waals surface area contributed by atoms with Crippen molar-refractivity contribution in [2.45, 2.75) is 24.8 Å². The SMILES string of the molecule is COc1ccc(C2Nc3ccccc3NC3=C2C(=O)CC(c2ccc(F)cc2)C3)c(OC)c1. The highest BCUT2D eigenvalue weighted by Gasteiger charge is 2.37. The summed E-state index contributed by atoms with van der Waals surface area (Å²) in [5, 5.41) is 7.09. The van der Waals surface area contributed by atoms with Gasteiger partial charge in [0.15, 0.2) is 5.78 Å². The van der Waals surface area contributed by atoms with Crippen molar-refractivity contribution in [3.8, 4) is 11.5 Å². The number of hydrogen-bond donors (Lipinski definition) is 2. The van der Waals surface area contributed by atoms with Crippen molar-refractivity contribution in [1.82, 2.24) is 0 Å². The van der Waals surface area contributed by atoms with Crippen LogP contribution < -0.4 is 20.1 Å². The van der Waals surface area contributed by atoms with Crippen LogP contribution in [0.1, 0.15) is 35.9 Å². The lowest BCUT2D eigenvalue weighted by Crippen LogP contribution is -2.27. The molecule has 2 aliphatic rings. The molecule has 5 rings (SSSR count). The van der Waals surface area contributed by atoms with Gasteiger partial charge in [0.2, 0.25) is 0 Å². The molecule has 33 heavy (non-hydrogen) atoms. The first-order valence-electron chi connectivity index (χ1n) is 10.9. The summed E-state index contributed by atoms with van der Waals surface area (Å²) in [6.07, 6.45) is 1.01. The number of methoxy groups -OCH3 is 2. The fourth-order valence-corrected chi connectivity index (χ4v) is 4.75.